The molecule has 0 atom stereocenters. The summed E-state index contributed by atoms with van der Waals surface area (Å²) in [7, 11) is 0. The Hall–Kier alpha value is -2.34. The van der Waals surface area contributed by atoms with E-state index in [9.17, 15) is 14.0 Å². The molecule has 1 N–H and O–H groups in total. The van der Waals surface area contributed by atoms with Crippen LogP contribution < -0.4 is 5.32 Å². The maximum Gasteiger partial charge on any atom is 0.317 e. The van der Waals surface area contributed by atoms with Crippen molar-refractivity contribution in [3.63, 3.8) is 0 Å². The molecule has 1 amide bonds. The van der Waals surface area contributed by atoms with Crippen LogP contribution in [0.1, 0.15) is 31.2 Å². The molecule has 0 spiro atoms. The number of esters is 1. The summed E-state index contributed by atoms with van der Waals surface area (Å²) in [5.74, 6) is -1.35. The fraction of sp³-hybridized carbons (Fsp3) is 0.333. The molecule has 0 heterocycles. The number of carbonyl (C=O) groups excluding carboxylic acids is 2. The Morgan fingerprint density at radius 1 is 1.11 bits per heavy atom. The van der Waals surface area contributed by atoms with Gasteiger partial charge in [0.05, 0.1) is 11.1 Å². The molecule has 2 aromatic rings. The number of carbonyl (C=O) groups is 2. The number of benzene rings is 2. The molecule has 0 unspecified atom stereocenters. The second-order valence-electron chi connectivity index (χ2n) is 6.59. The molecule has 0 radical (unpaired) electrons. The summed E-state index contributed by atoms with van der Waals surface area (Å²) in [5, 5.41) is 2.76. The van der Waals surface area contributed by atoms with Crippen LogP contribution in [-0.4, -0.2) is 24.7 Å². The van der Waals surface area contributed by atoms with E-state index in [0.717, 1.165) is 17.7 Å². The molecule has 1 aliphatic carbocycles. The minimum Gasteiger partial charge on any atom is -0.455 e. The van der Waals surface area contributed by atoms with Crippen molar-refractivity contribution in [3.05, 3.63) is 59.9 Å². The highest BCUT2D eigenvalue weighted by Crippen LogP contribution is 2.43. The van der Waals surface area contributed by atoms with Crippen LogP contribution in [0.2, 0.25) is 0 Å². The Bertz CT molecular complexity index is 834. The van der Waals surface area contributed by atoms with Crippen LogP contribution in [0.3, 0.4) is 0 Å². The number of halogens is 1. The van der Waals surface area contributed by atoms with Crippen molar-refractivity contribution in [1.82, 2.24) is 0 Å². The number of ether oxygens (including phenoxy) is 1. The fourth-order valence-electron chi connectivity index (χ4n) is 3.61. The molecule has 0 aliphatic heterocycles. The average molecular weight is 387 g/mol. The number of hydrogen-bond donors (Lipinski definition) is 1. The normalized spacial score (nSPS) is 15.3. The molecule has 27 heavy (non-hydrogen) atoms. The molecule has 2 aromatic carbocycles. The Morgan fingerprint density at radius 3 is 2.48 bits per heavy atom. The summed E-state index contributed by atoms with van der Waals surface area (Å²) < 4.78 is 19.6. The quantitative estimate of drug-likeness (QED) is 0.584. The van der Waals surface area contributed by atoms with Crippen molar-refractivity contribution in [2.45, 2.75) is 36.0 Å². The SMILES string of the molecule is CSc1ccccc1NC(=O)COC(=O)C1(c2ccccc2F)CCCC1. The fourth-order valence-corrected chi connectivity index (χ4v) is 4.17. The van der Waals surface area contributed by atoms with E-state index in [4.69, 9.17) is 4.74 Å². The van der Waals surface area contributed by atoms with Crippen LogP contribution in [0.25, 0.3) is 0 Å². The van der Waals surface area contributed by atoms with Crippen molar-refractivity contribution >= 4 is 29.3 Å². The van der Waals surface area contributed by atoms with E-state index in [1.165, 1.54) is 17.8 Å². The summed E-state index contributed by atoms with van der Waals surface area (Å²) in [6.45, 7) is -0.391. The lowest BCUT2D eigenvalue weighted by molar-refractivity contribution is -0.153. The van der Waals surface area contributed by atoms with Crippen molar-refractivity contribution in [2.24, 2.45) is 0 Å². The number of rotatable bonds is 6. The van der Waals surface area contributed by atoms with Crippen LogP contribution in [-0.2, 0) is 19.7 Å². The third-order valence-corrected chi connectivity index (χ3v) is 5.75. The zero-order valence-corrected chi connectivity index (χ0v) is 16.0. The minimum atomic E-state index is -0.997. The lowest BCUT2D eigenvalue weighted by Crippen LogP contribution is -2.37. The maximum atomic E-state index is 14.3. The van der Waals surface area contributed by atoms with E-state index in [2.05, 4.69) is 5.32 Å². The molecule has 6 heteroatoms. The first-order valence-electron chi connectivity index (χ1n) is 8.92. The second kappa shape index (κ2) is 8.57. The molecule has 0 bridgehead atoms. The largest absolute Gasteiger partial charge is 0.455 e. The van der Waals surface area contributed by atoms with Gasteiger partial charge in [-0.25, -0.2) is 4.39 Å². The number of anilines is 1. The van der Waals surface area contributed by atoms with Crippen LogP contribution in [0.15, 0.2) is 53.4 Å². The van der Waals surface area contributed by atoms with Crippen molar-refractivity contribution in [1.29, 1.82) is 0 Å². The topological polar surface area (TPSA) is 55.4 Å². The van der Waals surface area contributed by atoms with E-state index in [1.807, 2.05) is 24.5 Å². The van der Waals surface area contributed by atoms with Gasteiger partial charge in [0.15, 0.2) is 6.61 Å². The number of hydrogen-bond acceptors (Lipinski definition) is 4. The Balaban J connectivity index is 1.68. The molecular formula is C21H22FNO3S. The standard InChI is InChI=1S/C21H22FNO3S/c1-27-18-11-5-4-10-17(18)23-19(24)14-26-20(25)21(12-6-7-13-21)15-8-2-3-9-16(15)22/h2-5,8-11H,6-7,12-14H2,1H3,(H,23,24). The molecule has 1 fully saturated rings. The van der Waals surface area contributed by atoms with Gasteiger partial charge in [-0.15, -0.1) is 11.8 Å². The second-order valence-corrected chi connectivity index (χ2v) is 7.44. The molecule has 0 aromatic heterocycles. The highest BCUT2D eigenvalue weighted by molar-refractivity contribution is 7.98. The highest BCUT2D eigenvalue weighted by atomic mass is 32.2. The predicted molar refractivity (Wildman–Crippen MR) is 104 cm³/mol. The van der Waals surface area contributed by atoms with Gasteiger partial charge in [0.1, 0.15) is 5.82 Å². The minimum absolute atomic E-state index is 0.362. The molecule has 3 rings (SSSR count). The summed E-state index contributed by atoms with van der Waals surface area (Å²) in [6.07, 6.45) is 4.64. The summed E-state index contributed by atoms with van der Waals surface area (Å²) in [5.41, 5.74) is 0.0411. The smallest absolute Gasteiger partial charge is 0.317 e. The molecular weight excluding hydrogens is 365 g/mol. The monoisotopic (exact) mass is 387 g/mol. The van der Waals surface area contributed by atoms with E-state index in [-0.39, 0.29) is 0 Å². The summed E-state index contributed by atoms with van der Waals surface area (Å²) >= 11 is 1.52. The van der Waals surface area contributed by atoms with Crippen LogP contribution in [0.4, 0.5) is 10.1 Å². The first kappa shape index (κ1) is 19.4. The van der Waals surface area contributed by atoms with Gasteiger partial charge in [0.25, 0.3) is 5.91 Å². The van der Waals surface area contributed by atoms with Gasteiger partial charge in [0.2, 0.25) is 0 Å². The molecule has 1 aliphatic rings. The molecule has 142 valence electrons. The number of nitrogens with one attached hydrogen (secondary N) is 1. The maximum absolute atomic E-state index is 14.3. The van der Waals surface area contributed by atoms with E-state index in [0.29, 0.717) is 24.1 Å². The van der Waals surface area contributed by atoms with Crippen molar-refractivity contribution in [2.75, 3.05) is 18.2 Å². The van der Waals surface area contributed by atoms with Crippen molar-refractivity contribution < 1.29 is 18.7 Å². The molecule has 1 saturated carbocycles. The number of para-hydroxylation sites is 1. The van der Waals surface area contributed by atoms with E-state index in [1.54, 1.807) is 24.3 Å². The van der Waals surface area contributed by atoms with Gasteiger partial charge < -0.3 is 10.1 Å². The third-order valence-electron chi connectivity index (χ3n) is 4.95. The summed E-state index contributed by atoms with van der Waals surface area (Å²) in [4.78, 5) is 26.0. The molecule has 0 saturated heterocycles. The average Bonchev–Trinajstić information content (AvgIpc) is 3.18. The van der Waals surface area contributed by atoms with Crippen LogP contribution >= 0.6 is 11.8 Å². The summed E-state index contributed by atoms with van der Waals surface area (Å²) in [6, 6.07) is 13.7. The van der Waals surface area contributed by atoms with E-state index >= 15 is 0 Å². The van der Waals surface area contributed by atoms with Gasteiger partial charge in [0, 0.05) is 10.5 Å². The van der Waals surface area contributed by atoms with Gasteiger partial charge >= 0.3 is 5.97 Å². The Kier molecular flexibility index (Phi) is 6.16. The lowest BCUT2D eigenvalue weighted by Gasteiger charge is -2.27. The van der Waals surface area contributed by atoms with Gasteiger partial charge in [-0.3, -0.25) is 9.59 Å². The Labute approximate surface area is 162 Å². The number of thioether (sulfide) groups is 1. The van der Waals surface area contributed by atoms with Crippen LogP contribution in [0.5, 0.6) is 0 Å². The zero-order chi connectivity index (χ0) is 19.3. The van der Waals surface area contributed by atoms with Crippen molar-refractivity contribution in [3.8, 4) is 0 Å². The van der Waals surface area contributed by atoms with Gasteiger partial charge in [-0.1, -0.05) is 43.2 Å². The first-order chi connectivity index (χ1) is 13.1. The lowest BCUT2D eigenvalue weighted by atomic mass is 9.78. The first-order valence-corrected chi connectivity index (χ1v) is 10.1. The van der Waals surface area contributed by atoms with E-state index < -0.39 is 29.7 Å². The molecule has 4 nitrogen and oxygen atoms in total. The zero-order valence-electron chi connectivity index (χ0n) is 15.2. The highest BCUT2D eigenvalue weighted by Gasteiger charge is 2.45. The predicted octanol–water partition coefficient (Wildman–Crippen LogP) is 4.54. The van der Waals surface area contributed by atoms with Gasteiger partial charge in [-0.2, -0.15) is 0 Å². The number of amides is 1. The third kappa shape index (κ3) is 4.16. The van der Waals surface area contributed by atoms with Gasteiger partial charge in [-0.05, 0) is 37.3 Å². The van der Waals surface area contributed by atoms with Crippen LogP contribution in [0, 0.1) is 5.82 Å². The Morgan fingerprint density at radius 2 is 1.78 bits per heavy atom.